The monoisotopic (exact) mass is 166 g/mol. The second kappa shape index (κ2) is 4.04. The van der Waals surface area contributed by atoms with Crippen LogP contribution in [-0.4, -0.2) is 16.6 Å². The third kappa shape index (κ3) is 2.19. The van der Waals surface area contributed by atoms with Crippen molar-refractivity contribution >= 4 is 0 Å². The maximum atomic E-state index is 5.42. The summed E-state index contributed by atoms with van der Waals surface area (Å²) in [5.74, 6) is 1.47. The molecule has 0 aliphatic rings. The van der Waals surface area contributed by atoms with Crippen molar-refractivity contribution in [3.63, 3.8) is 0 Å². The van der Waals surface area contributed by atoms with E-state index in [9.17, 15) is 0 Å². The van der Waals surface area contributed by atoms with Gasteiger partial charge in [-0.25, -0.2) is 4.98 Å². The lowest BCUT2D eigenvalue weighted by atomic mass is 10.3. The zero-order chi connectivity index (χ0) is 8.97. The topological polar surface area (TPSA) is 35.0 Å². The van der Waals surface area contributed by atoms with Gasteiger partial charge in [0.15, 0.2) is 0 Å². The first-order valence-electron chi connectivity index (χ1n) is 4.17. The van der Waals surface area contributed by atoms with Crippen molar-refractivity contribution in [1.29, 1.82) is 0 Å². The van der Waals surface area contributed by atoms with Crippen LogP contribution in [0.15, 0.2) is 6.20 Å². The quantitative estimate of drug-likeness (QED) is 0.687. The maximum Gasteiger partial charge on any atom is 0.219 e. The smallest absolute Gasteiger partial charge is 0.219 e. The summed E-state index contributed by atoms with van der Waals surface area (Å²) in [6.07, 6.45) is 2.79. The van der Waals surface area contributed by atoms with Gasteiger partial charge in [-0.05, 0) is 20.3 Å². The fourth-order valence-electron chi connectivity index (χ4n) is 0.854. The Morgan fingerprint density at radius 2 is 2.17 bits per heavy atom. The molecule has 0 radical (unpaired) electrons. The molecule has 1 aromatic rings. The minimum Gasteiger partial charge on any atom is -0.477 e. The van der Waals surface area contributed by atoms with Crippen molar-refractivity contribution in [2.75, 3.05) is 6.61 Å². The highest BCUT2D eigenvalue weighted by atomic mass is 16.5. The Kier molecular flexibility index (Phi) is 3.02. The average Bonchev–Trinajstić information content (AvgIpc) is 2.07. The molecule has 0 saturated heterocycles. The van der Waals surface area contributed by atoms with E-state index in [0.717, 1.165) is 24.4 Å². The third-order valence-electron chi connectivity index (χ3n) is 1.49. The summed E-state index contributed by atoms with van der Waals surface area (Å²) < 4.78 is 5.42. The van der Waals surface area contributed by atoms with Crippen LogP contribution in [0, 0.1) is 13.8 Å². The summed E-state index contributed by atoms with van der Waals surface area (Å²) in [4.78, 5) is 8.23. The van der Waals surface area contributed by atoms with Crippen LogP contribution in [0.3, 0.4) is 0 Å². The van der Waals surface area contributed by atoms with E-state index in [-0.39, 0.29) is 0 Å². The first kappa shape index (κ1) is 8.97. The van der Waals surface area contributed by atoms with Crippen molar-refractivity contribution in [2.45, 2.75) is 27.2 Å². The van der Waals surface area contributed by atoms with Gasteiger partial charge in [0.2, 0.25) is 5.88 Å². The number of hydrogen-bond acceptors (Lipinski definition) is 3. The van der Waals surface area contributed by atoms with Crippen molar-refractivity contribution < 1.29 is 4.74 Å². The Labute approximate surface area is 72.8 Å². The van der Waals surface area contributed by atoms with Gasteiger partial charge < -0.3 is 4.74 Å². The molecule has 0 unspecified atom stereocenters. The van der Waals surface area contributed by atoms with Gasteiger partial charge in [0.05, 0.1) is 6.61 Å². The molecule has 1 heterocycles. The van der Waals surface area contributed by atoms with Crippen LogP contribution in [-0.2, 0) is 0 Å². The second-order valence-electron chi connectivity index (χ2n) is 2.75. The SMILES string of the molecule is CCCOc1nc(C)ncc1C. The Morgan fingerprint density at radius 1 is 1.42 bits per heavy atom. The lowest BCUT2D eigenvalue weighted by Crippen LogP contribution is -2.01. The molecule has 0 spiro atoms. The summed E-state index contributed by atoms with van der Waals surface area (Å²) in [6, 6.07) is 0. The molecule has 0 N–H and O–H groups in total. The molecule has 1 aromatic heterocycles. The van der Waals surface area contributed by atoms with E-state index in [2.05, 4.69) is 16.9 Å². The molecule has 0 fully saturated rings. The summed E-state index contributed by atoms with van der Waals surface area (Å²) in [5, 5.41) is 0. The van der Waals surface area contributed by atoms with Gasteiger partial charge in [0.25, 0.3) is 0 Å². The molecule has 0 aliphatic carbocycles. The van der Waals surface area contributed by atoms with Crippen molar-refractivity contribution in [3.8, 4) is 5.88 Å². The van der Waals surface area contributed by atoms with E-state index < -0.39 is 0 Å². The van der Waals surface area contributed by atoms with Gasteiger partial charge >= 0.3 is 0 Å². The van der Waals surface area contributed by atoms with Gasteiger partial charge in [0.1, 0.15) is 5.82 Å². The number of aromatic nitrogens is 2. The summed E-state index contributed by atoms with van der Waals surface area (Å²) >= 11 is 0. The van der Waals surface area contributed by atoms with Crippen LogP contribution in [0.25, 0.3) is 0 Å². The van der Waals surface area contributed by atoms with E-state index >= 15 is 0 Å². The van der Waals surface area contributed by atoms with E-state index in [1.54, 1.807) is 6.20 Å². The van der Waals surface area contributed by atoms with E-state index in [0.29, 0.717) is 5.88 Å². The Bertz CT molecular complexity index is 261. The molecule has 0 aliphatic heterocycles. The molecule has 0 atom stereocenters. The molecule has 1 rings (SSSR count). The number of ether oxygens (including phenoxy) is 1. The molecule has 0 saturated carbocycles. The van der Waals surface area contributed by atoms with Gasteiger partial charge in [-0.1, -0.05) is 6.92 Å². The van der Waals surface area contributed by atoms with E-state index in [1.165, 1.54) is 0 Å². The zero-order valence-electron chi connectivity index (χ0n) is 7.79. The van der Waals surface area contributed by atoms with Crippen LogP contribution in [0.5, 0.6) is 5.88 Å². The lowest BCUT2D eigenvalue weighted by molar-refractivity contribution is 0.301. The zero-order valence-corrected chi connectivity index (χ0v) is 7.79. The molecule has 3 heteroatoms. The number of aryl methyl sites for hydroxylation is 2. The van der Waals surface area contributed by atoms with Gasteiger partial charge in [-0.2, -0.15) is 4.98 Å². The first-order valence-corrected chi connectivity index (χ1v) is 4.17. The Morgan fingerprint density at radius 3 is 2.83 bits per heavy atom. The van der Waals surface area contributed by atoms with Crippen LogP contribution < -0.4 is 4.74 Å². The predicted molar refractivity (Wildman–Crippen MR) is 47.3 cm³/mol. The molecule has 0 aromatic carbocycles. The van der Waals surface area contributed by atoms with Gasteiger partial charge in [-0.15, -0.1) is 0 Å². The van der Waals surface area contributed by atoms with Crippen LogP contribution in [0.2, 0.25) is 0 Å². The summed E-state index contributed by atoms with van der Waals surface area (Å²) in [7, 11) is 0. The third-order valence-corrected chi connectivity index (χ3v) is 1.49. The summed E-state index contributed by atoms with van der Waals surface area (Å²) in [6.45, 7) is 6.60. The molecular formula is C9H14N2O. The van der Waals surface area contributed by atoms with Crippen LogP contribution in [0.1, 0.15) is 24.7 Å². The molecule has 0 bridgehead atoms. The highest BCUT2D eigenvalue weighted by Crippen LogP contribution is 2.12. The fourth-order valence-corrected chi connectivity index (χ4v) is 0.854. The number of hydrogen-bond donors (Lipinski definition) is 0. The van der Waals surface area contributed by atoms with Gasteiger partial charge in [-0.3, -0.25) is 0 Å². The molecule has 0 amide bonds. The Balaban J connectivity index is 2.75. The molecule has 3 nitrogen and oxygen atoms in total. The largest absolute Gasteiger partial charge is 0.477 e. The standard InChI is InChI=1S/C9H14N2O/c1-4-5-12-9-7(2)6-10-8(3)11-9/h6H,4-5H2,1-3H3. The molecule has 12 heavy (non-hydrogen) atoms. The maximum absolute atomic E-state index is 5.42. The number of rotatable bonds is 3. The number of nitrogens with zero attached hydrogens (tertiary/aromatic N) is 2. The van der Waals surface area contributed by atoms with E-state index in [4.69, 9.17) is 4.74 Å². The van der Waals surface area contributed by atoms with Crippen molar-refractivity contribution in [3.05, 3.63) is 17.6 Å². The summed E-state index contributed by atoms with van der Waals surface area (Å²) in [5.41, 5.74) is 0.994. The second-order valence-corrected chi connectivity index (χ2v) is 2.75. The van der Waals surface area contributed by atoms with Crippen LogP contribution >= 0.6 is 0 Å². The van der Waals surface area contributed by atoms with Crippen LogP contribution in [0.4, 0.5) is 0 Å². The average molecular weight is 166 g/mol. The molecule has 66 valence electrons. The Hall–Kier alpha value is -1.12. The van der Waals surface area contributed by atoms with E-state index in [1.807, 2.05) is 13.8 Å². The van der Waals surface area contributed by atoms with Crippen molar-refractivity contribution in [1.82, 2.24) is 9.97 Å². The lowest BCUT2D eigenvalue weighted by Gasteiger charge is -2.05. The van der Waals surface area contributed by atoms with Gasteiger partial charge in [0, 0.05) is 11.8 Å². The van der Waals surface area contributed by atoms with Crippen molar-refractivity contribution in [2.24, 2.45) is 0 Å². The normalized spacial score (nSPS) is 9.92. The predicted octanol–water partition coefficient (Wildman–Crippen LogP) is 1.88. The minimum absolute atomic E-state index is 0.712. The first-order chi connectivity index (χ1) is 5.74. The minimum atomic E-state index is 0.712. The molecular weight excluding hydrogens is 152 g/mol. The highest BCUT2D eigenvalue weighted by Gasteiger charge is 2.00. The highest BCUT2D eigenvalue weighted by molar-refractivity contribution is 5.21. The fraction of sp³-hybridized carbons (Fsp3) is 0.556.